The van der Waals surface area contributed by atoms with Gasteiger partial charge in [-0.2, -0.15) is 0 Å². The van der Waals surface area contributed by atoms with E-state index in [2.05, 4.69) is 0 Å². The fourth-order valence-corrected chi connectivity index (χ4v) is 0.275. The molecule has 0 fully saturated rings. The molecule has 0 heterocycles. The first kappa shape index (κ1) is 12.2. The molecule has 1 atom stereocenters. The predicted molar refractivity (Wildman–Crippen MR) is 27.9 cm³/mol. The number of nitrogens with two attached hydrogens (primary N) is 1. The third-order valence-corrected chi connectivity index (χ3v) is 0.712. The van der Waals surface area contributed by atoms with Crippen molar-refractivity contribution in [1.29, 1.82) is 0 Å². The summed E-state index contributed by atoms with van der Waals surface area (Å²) in [5.74, 6) is -2.50. The molecule has 0 aromatic heterocycles. The number of hydrogen-bond acceptors (Lipinski definition) is 3. The summed E-state index contributed by atoms with van der Waals surface area (Å²) in [6, 6.07) is -1.29. The summed E-state index contributed by atoms with van der Waals surface area (Å²) < 4.78 is 0. The summed E-state index contributed by atoms with van der Waals surface area (Å²) in [5.41, 5.74) is 4.84. The standard InChI is InChI=1S/C4H7NO4.Li/c5-2(4(8)9)1-3(6)7;/h2H,1,5H2,(H,6,7)(H,8,9);/q;+1. The van der Waals surface area contributed by atoms with Crippen LogP contribution in [0.15, 0.2) is 0 Å². The predicted octanol–water partition coefficient (Wildman–Crippen LogP) is -4.12. The Bertz CT molecular complexity index is 137. The molecule has 52 valence electrons. The molecule has 0 saturated heterocycles. The number of carbonyl (C=O) groups is 2. The van der Waals surface area contributed by atoms with Crippen LogP contribution in [0.2, 0.25) is 0 Å². The summed E-state index contributed by atoms with van der Waals surface area (Å²) in [7, 11) is 0. The molecule has 0 amide bonds. The molecular formula is C4H7LiNO4+. The van der Waals surface area contributed by atoms with Gasteiger partial charge in [0.15, 0.2) is 0 Å². The molecule has 5 nitrogen and oxygen atoms in total. The van der Waals surface area contributed by atoms with Crippen molar-refractivity contribution >= 4 is 11.9 Å². The molecule has 6 heteroatoms. The van der Waals surface area contributed by atoms with Crippen LogP contribution in [0.25, 0.3) is 0 Å². The maximum absolute atomic E-state index is 9.85. The zero-order valence-corrected chi connectivity index (χ0v) is 5.57. The van der Waals surface area contributed by atoms with Gasteiger partial charge in [-0.05, 0) is 0 Å². The summed E-state index contributed by atoms with van der Waals surface area (Å²) >= 11 is 0. The van der Waals surface area contributed by atoms with Crippen LogP contribution in [-0.4, -0.2) is 28.2 Å². The normalized spacial score (nSPS) is 11.3. The average molecular weight is 140 g/mol. The number of carboxylic acids is 2. The second-order valence-electron chi connectivity index (χ2n) is 1.54. The third-order valence-electron chi connectivity index (χ3n) is 0.712. The third kappa shape index (κ3) is 5.63. The van der Waals surface area contributed by atoms with Gasteiger partial charge >= 0.3 is 30.8 Å². The quantitative estimate of drug-likeness (QED) is 0.346. The van der Waals surface area contributed by atoms with Gasteiger partial charge < -0.3 is 15.9 Å². The fraction of sp³-hybridized carbons (Fsp3) is 0.500. The van der Waals surface area contributed by atoms with Crippen molar-refractivity contribution in [3.8, 4) is 0 Å². The van der Waals surface area contributed by atoms with Crippen molar-refractivity contribution < 1.29 is 38.7 Å². The largest absolute Gasteiger partial charge is 1.00 e. The van der Waals surface area contributed by atoms with Crippen LogP contribution in [0.1, 0.15) is 6.42 Å². The maximum atomic E-state index is 9.85. The Morgan fingerprint density at radius 3 is 1.90 bits per heavy atom. The zero-order valence-electron chi connectivity index (χ0n) is 5.57. The number of hydrogen-bond donors (Lipinski definition) is 3. The van der Waals surface area contributed by atoms with E-state index >= 15 is 0 Å². The van der Waals surface area contributed by atoms with Crippen molar-refractivity contribution in [3.63, 3.8) is 0 Å². The van der Waals surface area contributed by atoms with Crippen LogP contribution in [-0.2, 0) is 9.59 Å². The monoisotopic (exact) mass is 140 g/mol. The Balaban J connectivity index is 0. The number of aliphatic carboxylic acids is 2. The zero-order chi connectivity index (χ0) is 7.44. The minimum atomic E-state index is -1.29. The molecular weight excluding hydrogens is 133 g/mol. The van der Waals surface area contributed by atoms with Crippen LogP contribution in [0.4, 0.5) is 0 Å². The Labute approximate surface area is 69.4 Å². The van der Waals surface area contributed by atoms with E-state index in [1.54, 1.807) is 0 Å². The van der Waals surface area contributed by atoms with E-state index in [9.17, 15) is 9.59 Å². The maximum Gasteiger partial charge on any atom is 1.00 e. The summed E-state index contributed by atoms with van der Waals surface area (Å²) in [4.78, 5) is 19.6. The van der Waals surface area contributed by atoms with E-state index in [0.717, 1.165) is 0 Å². The van der Waals surface area contributed by atoms with Crippen LogP contribution >= 0.6 is 0 Å². The average Bonchev–Trinajstić information content (AvgIpc) is 1.63. The second kappa shape index (κ2) is 5.30. The molecule has 0 saturated carbocycles. The number of carboxylic acid groups (broad SMARTS) is 2. The van der Waals surface area contributed by atoms with Crippen molar-refractivity contribution in [3.05, 3.63) is 0 Å². The van der Waals surface area contributed by atoms with Gasteiger partial charge in [-0.3, -0.25) is 9.59 Å². The SMILES string of the molecule is NC(CC(=O)O)C(=O)O.[Li+]. The van der Waals surface area contributed by atoms with Gasteiger partial charge in [0.1, 0.15) is 6.04 Å². The van der Waals surface area contributed by atoms with Crippen molar-refractivity contribution in [2.24, 2.45) is 5.73 Å². The minimum Gasteiger partial charge on any atom is -0.481 e. The fourth-order valence-electron chi connectivity index (χ4n) is 0.275. The summed E-state index contributed by atoms with van der Waals surface area (Å²) in [6.07, 6.45) is -0.532. The molecule has 10 heavy (non-hydrogen) atoms. The molecule has 0 aliphatic carbocycles. The topological polar surface area (TPSA) is 101 Å². The molecule has 0 radical (unpaired) electrons. The van der Waals surface area contributed by atoms with Gasteiger partial charge in [-0.1, -0.05) is 0 Å². The van der Waals surface area contributed by atoms with Crippen LogP contribution < -0.4 is 24.6 Å². The molecule has 0 aliphatic heterocycles. The van der Waals surface area contributed by atoms with Gasteiger partial charge in [-0.15, -0.1) is 0 Å². The van der Waals surface area contributed by atoms with Crippen molar-refractivity contribution in [2.75, 3.05) is 0 Å². The van der Waals surface area contributed by atoms with E-state index < -0.39 is 24.4 Å². The first-order chi connectivity index (χ1) is 4.04. The molecule has 0 spiro atoms. The molecule has 0 aromatic rings. The molecule has 4 N–H and O–H groups in total. The summed E-state index contributed by atoms with van der Waals surface area (Å²) in [5, 5.41) is 16.0. The second-order valence-corrected chi connectivity index (χ2v) is 1.54. The summed E-state index contributed by atoms with van der Waals surface area (Å²) in [6.45, 7) is 0. The Kier molecular flexibility index (Phi) is 6.46. The molecule has 0 bridgehead atoms. The Hall–Kier alpha value is -0.503. The van der Waals surface area contributed by atoms with Crippen LogP contribution in [0, 0.1) is 0 Å². The number of rotatable bonds is 3. The van der Waals surface area contributed by atoms with Gasteiger partial charge in [-0.25, -0.2) is 0 Å². The van der Waals surface area contributed by atoms with E-state index in [1.165, 1.54) is 0 Å². The van der Waals surface area contributed by atoms with Gasteiger partial charge in [0.2, 0.25) is 0 Å². The van der Waals surface area contributed by atoms with E-state index in [1.807, 2.05) is 0 Å². The minimum absolute atomic E-state index is 0. The smallest absolute Gasteiger partial charge is 0.481 e. The van der Waals surface area contributed by atoms with Gasteiger partial charge in [0.05, 0.1) is 6.42 Å². The van der Waals surface area contributed by atoms with Gasteiger partial charge in [0, 0.05) is 0 Å². The molecule has 0 aromatic carbocycles. The van der Waals surface area contributed by atoms with Crippen LogP contribution in [0.5, 0.6) is 0 Å². The van der Waals surface area contributed by atoms with Crippen LogP contribution in [0.3, 0.4) is 0 Å². The van der Waals surface area contributed by atoms with E-state index in [0.29, 0.717) is 0 Å². The Morgan fingerprint density at radius 1 is 1.40 bits per heavy atom. The first-order valence-electron chi connectivity index (χ1n) is 2.24. The molecule has 1 unspecified atom stereocenters. The van der Waals surface area contributed by atoms with Crippen molar-refractivity contribution in [1.82, 2.24) is 0 Å². The molecule has 0 rings (SSSR count). The van der Waals surface area contributed by atoms with E-state index in [4.69, 9.17) is 15.9 Å². The van der Waals surface area contributed by atoms with E-state index in [-0.39, 0.29) is 18.9 Å². The van der Waals surface area contributed by atoms with Gasteiger partial charge in [0.25, 0.3) is 0 Å². The molecule has 0 aliphatic rings. The Morgan fingerprint density at radius 2 is 1.80 bits per heavy atom. The van der Waals surface area contributed by atoms with Crippen molar-refractivity contribution in [2.45, 2.75) is 12.5 Å². The first-order valence-corrected chi connectivity index (χ1v) is 2.24.